The first-order valence-corrected chi connectivity index (χ1v) is 8.95. The van der Waals surface area contributed by atoms with Gasteiger partial charge in [-0.15, -0.1) is 0 Å². The standard InChI is InChI=1S/C22H24N4O/c1-14-9-10-19(11-16(14)3)25-22-24-17(4)12-20(26-22)21(27)23-13-18-8-6-5-7-15(18)2/h5-12H,13H2,1-4H3,(H,23,27)(H,24,25,26). The van der Waals surface area contributed by atoms with Crippen LogP contribution < -0.4 is 10.6 Å². The molecule has 0 aliphatic rings. The summed E-state index contributed by atoms with van der Waals surface area (Å²) in [5.41, 5.74) is 6.62. The van der Waals surface area contributed by atoms with Crippen LogP contribution in [0.15, 0.2) is 48.5 Å². The summed E-state index contributed by atoms with van der Waals surface area (Å²) in [6, 6.07) is 15.7. The van der Waals surface area contributed by atoms with Gasteiger partial charge in [0.15, 0.2) is 0 Å². The van der Waals surface area contributed by atoms with Crippen molar-refractivity contribution in [2.45, 2.75) is 34.2 Å². The highest BCUT2D eigenvalue weighted by atomic mass is 16.1. The predicted octanol–water partition coefficient (Wildman–Crippen LogP) is 4.38. The Morgan fingerprint density at radius 2 is 1.67 bits per heavy atom. The fourth-order valence-electron chi connectivity index (χ4n) is 2.76. The lowest BCUT2D eigenvalue weighted by Gasteiger charge is -2.11. The van der Waals surface area contributed by atoms with Gasteiger partial charge >= 0.3 is 0 Å². The van der Waals surface area contributed by atoms with Crippen molar-refractivity contribution in [1.82, 2.24) is 15.3 Å². The molecule has 0 unspecified atom stereocenters. The van der Waals surface area contributed by atoms with Gasteiger partial charge in [0.05, 0.1) is 0 Å². The molecule has 1 heterocycles. The van der Waals surface area contributed by atoms with Crippen LogP contribution in [0, 0.1) is 27.7 Å². The Labute approximate surface area is 159 Å². The molecule has 0 bridgehead atoms. The molecule has 3 aromatic rings. The highest BCUT2D eigenvalue weighted by Gasteiger charge is 2.11. The lowest BCUT2D eigenvalue weighted by Crippen LogP contribution is -2.24. The molecule has 2 aromatic carbocycles. The van der Waals surface area contributed by atoms with E-state index in [2.05, 4.69) is 34.4 Å². The number of aryl methyl sites for hydroxylation is 4. The first-order valence-electron chi connectivity index (χ1n) is 8.95. The van der Waals surface area contributed by atoms with Crippen LogP contribution in [0.1, 0.15) is 38.4 Å². The average Bonchev–Trinajstić information content (AvgIpc) is 2.63. The molecule has 0 saturated heterocycles. The molecule has 2 N–H and O–H groups in total. The molecule has 3 rings (SSSR count). The maximum atomic E-state index is 12.6. The molecule has 27 heavy (non-hydrogen) atoms. The zero-order valence-electron chi connectivity index (χ0n) is 16.1. The summed E-state index contributed by atoms with van der Waals surface area (Å²) in [4.78, 5) is 21.3. The minimum absolute atomic E-state index is 0.216. The third-order valence-corrected chi connectivity index (χ3v) is 4.55. The highest BCUT2D eigenvalue weighted by Crippen LogP contribution is 2.18. The molecule has 138 valence electrons. The van der Waals surface area contributed by atoms with E-state index in [-0.39, 0.29) is 5.91 Å². The van der Waals surface area contributed by atoms with Crippen LogP contribution in [0.25, 0.3) is 0 Å². The van der Waals surface area contributed by atoms with Crippen molar-refractivity contribution >= 4 is 17.5 Å². The van der Waals surface area contributed by atoms with Gasteiger partial charge in [-0.25, -0.2) is 9.97 Å². The fraction of sp³-hybridized carbons (Fsp3) is 0.227. The van der Waals surface area contributed by atoms with Gasteiger partial charge in [0, 0.05) is 17.9 Å². The number of anilines is 2. The number of nitrogens with zero attached hydrogens (tertiary/aromatic N) is 2. The zero-order chi connectivity index (χ0) is 19.4. The number of nitrogens with one attached hydrogen (secondary N) is 2. The summed E-state index contributed by atoms with van der Waals surface area (Å²) < 4.78 is 0. The summed E-state index contributed by atoms with van der Waals surface area (Å²) >= 11 is 0. The van der Waals surface area contributed by atoms with Gasteiger partial charge in [-0.3, -0.25) is 4.79 Å². The molecule has 0 saturated carbocycles. The van der Waals surface area contributed by atoms with Crippen molar-refractivity contribution in [3.8, 4) is 0 Å². The van der Waals surface area contributed by atoms with Gasteiger partial charge in [0.25, 0.3) is 5.91 Å². The Balaban J connectivity index is 1.75. The Kier molecular flexibility index (Phi) is 5.50. The van der Waals surface area contributed by atoms with Crippen molar-refractivity contribution in [1.29, 1.82) is 0 Å². The van der Waals surface area contributed by atoms with E-state index in [1.165, 1.54) is 11.1 Å². The first-order chi connectivity index (χ1) is 12.9. The van der Waals surface area contributed by atoms with E-state index >= 15 is 0 Å². The maximum Gasteiger partial charge on any atom is 0.270 e. The summed E-state index contributed by atoms with van der Waals surface area (Å²) in [5, 5.41) is 6.12. The highest BCUT2D eigenvalue weighted by molar-refractivity contribution is 5.92. The predicted molar refractivity (Wildman–Crippen MR) is 108 cm³/mol. The summed E-state index contributed by atoms with van der Waals surface area (Å²) in [6.07, 6.45) is 0. The van der Waals surface area contributed by atoms with Gasteiger partial charge in [-0.2, -0.15) is 0 Å². The van der Waals surface area contributed by atoms with Crippen molar-refractivity contribution in [2.75, 3.05) is 5.32 Å². The van der Waals surface area contributed by atoms with E-state index in [0.29, 0.717) is 18.2 Å². The zero-order valence-corrected chi connectivity index (χ0v) is 16.1. The third-order valence-electron chi connectivity index (χ3n) is 4.55. The Morgan fingerprint density at radius 1 is 0.889 bits per heavy atom. The average molecular weight is 360 g/mol. The number of carbonyl (C=O) groups excluding carboxylic acids is 1. The van der Waals surface area contributed by atoms with Crippen LogP contribution in [0.3, 0.4) is 0 Å². The third kappa shape index (κ3) is 4.70. The number of benzene rings is 2. The van der Waals surface area contributed by atoms with Crippen molar-refractivity contribution in [3.63, 3.8) is 0 Å². The summed E-state index contributed by atoms with van der Waals surface area (Å²) in [5.74, 6) is 0.200. The molecule has 5 heteroatoms. The normalized spacial score (nSPS) is 10.5. The number of amides is 1. The Morgan fingerprint density at radius 3 is 2.41 bits per heavy atom. The second kappa shape index (κ2) is 7.99. The number of hydrogen-bond acceptors (Lipinski definition) is 4. The van der Waals surface area contributed by atoms with E-state index in [1.54, 1.807) is 6.07 Å². The molecule has 0 aliphatic heterocycles. The van der Waals surface area contributed by atoms with Crippen LogP contribution in [0.2, 0.25) is 0 Å². The minimum atomic E-state index is -0.216. The van der Waals surface area contributed by atoms with E-state index in [9.17, 15) is 4.79 Å². The molecule has 0 aliphatic carbocycles. The molecule has 1 aromatic heterocycles. The minimum Gasteiger partial charge on any atom is -0.347 e. The Hall–Kier alpha value is -3.21. The molecule has 5 nitrogen and oxygen atoms in total. The van der Waals surface area contributed by atoms with Crippen molar-refractivity contribution < 1.29 is 4.79 Å². The van der Waals surface area contributed by atoms with Crippen LogP contribution in [-0.4, -0.2) is 15.9 Å². The van der Waals surface area contributed by atoms with Crippen LogP contribution in [-0.2, 0) is 6.54 Å². The topological polar surface area (TPSA) is 66.9 Å². The lowest BCUT2D eigenvalue weighted by molar-refractivity contribution is 0.0945. The summed E-state index contributed by atoms with van der Waals surface area (Å²) in [6.45, 7) is 8.48. The molecular formula is C22H24N4O. The second-order valence-corrected chi connectivity index (χ2v) is 6.75. The molecule has 0 radical (unpaired) electrons. The Bertz CT molecular complexity index is 982. The van der Waals surface area contributed by atoms with Crippen molar-refractivity contribution in [3.05, 3.63) is 82.2 Å². The van der Waals surface area contributed by atoms with Crippen LogP contribution in [0.4, 0.5) is 11.6 Å². The van der Waals surface area contributed by atoms with Gasteiger partial charge in [-0.05, 0) is 68.1 Å². The van der Waals surface area contributed by atoms with Gasteiger partial charge in [-0.1, -0.05) is 30.3 Å². The molecule has 0 atom stereocenters. The van der Waals surface area contributed by atoms with Gasteiger partial charge < -0.3 is 10.6 Å². The van der Waals surface area contributed by atoms with E-state index < -0.39 is 0 Å². The SMILES string of the molecule is Cc1cc(C(=O)NCc2ccccc2C)nc(Nc2ccc(C)c(C)c2)n1. The molecule has 1 amide bonds. The largest absolute Gasteiger partial charge is 0.347 e. The lowest BCUT2D eigenvalue weighted by atomic mass is 10.1. The van der Waals surface area contributed by atoms with Crippen molar-refractivity contribution in [2.24, 2.45) is 0 Å². The van der Waals surface area contributed by atoms with Crippen LogP contribution >= 0.6 is 0 Å². The summed E-state index contributed by atoms with van der Waals surface area (Å²) in [7, 11) is 0. The molecule has 0 fully saturated rings. The van der Waals surface area contributed by atoms with E-state index in [4.69, 9.17) is 0 Å². The first kappa shape index (κ1) is 18.6. The second-order valence-electron chi connectivity index (χ2n) is 6.75. The smallest absolute Gasteiger partial charge is 0.270 e. The number of carbonyl (C=O) groups is 1. The maximum absolute atomic E-state index is 12.6. The van der Waals surface area contributed by atoms with E-state index in [0.717, 1.165) is 22.5 Å². The van der Waals surface area contributed by atoms with Gasteiger partial charge in [0.1, 0.15) is 5.69 Å². The van der Waals surface area contributed by atoms with Gasteiger partial charge in [0.2, 0.25) is 5.95 Å². The quantitative estimate of drug-likeness (QED) is 0.708. The number of rotatable bonds is 5. The monoisotopic (exact) mass is 360 g/mol. The molecule has 0 spiro atoms. The van der Waals surface area contributed by atoms with Crippen LogP contribution in [0.5, 0.6) is 0 Å². The van der Waals surface area contributed by atoms with E-state index in [1.807, 2.05) is 56.3 Å². The fourth-order valence-corrected chi connectivity index (χ4v) is 2.76. The number of aromatic nitrogens is 2. The molecular weight excluding hydrogens is 336 g/mol. The number of hydrogen-bond donors (Lipinski definition) is 2.